The molecule has 2 aromatic rings. The number of hydrogen-bond donors (Lipinski definition) is 1. The van der Waals surface area contributed by atoms with Crippen LogP contribution in [0.5, 0.6) is 0 Å². The molecule has 0 radical (unpaired) electrons. The maximum Gasteiger partial charge on any atom is 0.238 e. The molecule has 0 saturated carbocycles. The zero-order chi connectivity index (χ0) is 21.8. The predicted molar refractivity (Wildman–Crippen MR) is 130 cm³/mol. The molecule has 0 spiro atoms. The second kappa shape index (κ2) is 9.90. The van der Waals surface area contributed by atoms with Crippen LogP contribution in [0.2, 0.25) is 0 Å². The molecule has 1 fully saturated rings. The van der Waals surface area contributed by atoms with Crippen LogP contribution in [0.25, 0.3) is 0 Å². The maximum atomic E-state index is 12.7. The van der Waals surface area contributed by atoms with E-state index in [9.17, 15) is 9.59 Å². The smallest absolute Gasteiger partial charge is 0.238 e. The fourth-order valence-electron chi connectivity index (χ4n) is 4.60. The van der Waals surface area contributed by atoms with Gasteiger partial charge < -0.3 is 5.32 Å². The molecule has 5 heteroatoms. The van der Waals surface area contributed by atoms with Crippen molar-refractivity contribution in [1.82, 2.24) is 0 Å². The van der Waals surface area contributed by atoms with Gasteiger partial charge in [0.25, 0.3) is 0 Å². The molecule has 1 aliphatic heterocycles. The van der Waals surface area contributed by atoms with E-state index in [-0.39, 0.29) is 23.1 Å². The second-order valence-corrected chi connectivity index (χ2v) is 9.66. The Bertz CT molecular complexity index is 941. The topological polar surface area (TPSA) is 49.4 Å². The molecule has 31 heavy (non-hydrogen) atoms. The van der Waals surface area contributed by atoms with Crippen LogP contribution in [-0.4, -0.2) is 17.6 Å². The number of aryl methyl sites for hydroxylation is 2. The summed E-state index contributed by atoms with van der Waals surface area (Å²) in [6, 6.07) is 14.5. The molecule has 0 bridgehead atoms. The number of rotatable bonds is 8. The van der Waals surface area contributed by atoms with Gasteiger partial charge in [0.2, 0.25) is 11.8 Å². The summed E-state index contributed by atoms with van der Waals surface area (Å²) in [5.74, 6) is 0.828. The molecule has 2 aliphatic rings. The molecular weight excluding hydrogens is 404 g/mol. The van der Waals surface area contributed by atoms with Crippen LogP contribution < -0.4 is 10.2 Å². The van der Waals surface area contributed by atoms with Crippen LogP contribution in [-0.2, 0) is 22.4 Å². The van der Waals surface area contributed by atoms with Gasteiger partial charge in [0.15, 0.2) is 0 Å². The Kier molecular flexibility index (Phi) is 7.01. The van der Waals surface area contributed by atoms with E-state index in [0.29, 0.717) is 5.75 Å². The number of carbonyl (C=O) groups is 2. The van der Waals surface area contributed by atoms with Gasteiger partial charge in [0.05, 0.1) is 5.75 Å². The van der Waals surface area contributed by atoms with Gasteiger partial charge in [-0.1, -0.05) is 44.9 Å². The number of nitrogens with one attached hydrogen (secondary N) is 1. The summed E-state index contributed by atoms with van der Waals surface area (Å²) < 4.78 is 0. The summed E-state index contributed by atoms with van der Waals surface area (Å²) in [5.41, 5.74) is 5.71. The normalized spacial score (nSPS) is 18.8. The Morgan fingerprint density at radius 2 is 1.90 bits per heavy atom. The van der Waals surface area contributed by atoms with E-state index in [0.717, 1.165) is 55.5 Å². The van der Waals surface area contributed by atoms with Gasteiger partial charge in [-0.2, -0.15) is 0 Å². The summed E-state index contributed by atoms with van der Waals surface area (Å²) in [4.78, 5) is 27.2. The van der Waals surface area contributed by atoms with Crippen molar-refractivity contribution in [2.24, 2.45) is 5.92 Å². The van der Waals surface area contributed by atoms with Crippen LogP contribution in [0.4, 0.5) is 11.4 Å². The first-order chi connectivity index (χ1) is 15.1. The van der Waals surface area contributed by atoms with Crippen LogP contribution >= 0.6 is 11.8 Å². The first-order valence-electron chi connectivity index (χ1n) is 11.6. The molecule has 1 aliphatic carbocycles. The monoisotopic (exact) mass is 436 g/mol. The first kappa shape index (κ1) is 21.9. The lowest BCUT2D eigenvalue weighted by molar-refractivity contribution is -0.120. The number of hydrogen-bond acceptors (Lipinski definition) is 3. The van der Waals surface area contributed by atoms with E-state index in [1.165, 1.54) is 17.5 Å². The van der Waals surface area contributed by atoms with Gasteiger partial charge in [-0.05, 0) is 73.1 Å². The standard InChI is InChI=1S/C26H32N2O2S/c1-3-5-7-18(4-2)25(30)27-22-13-10-20(11-14-22)26-28(24(29)17-31-26)23-15-12-19-8-6-9-21(19)16-23/h10-16,18,26H,3-9,17H2,1-2H3,(H,27,30)/t18-,26-/m0/s1. The first-order valence-corrected chi connectivity index (χ1v) is 12.6. The predicted octanol–water partition coefficient (Wildman–Crippen LogP) is 6.11. The van der Waals surface area contributed by atoms with Gasteiger partial charge >= 0.3 is 0 Å². The highest BCUT2D eigenvalue weighted by Crippen LogP contribution is 2.43. The minimum atomic E-state index is -0.0235. The quantitative estimate of drug-likeness (QED) is 0.543. The van der Waals surface area contributed by atoms with Crippen molar-refractivity contribution < 1.29 is 9.59 Å². The van der Waals surface area contributed by atoms with Gasteiger partial charge in [0, 0.05) is 17.3 Å². The number of amides is 2. The third-order valence-electron chi connectivity index (χ3n) is 6.46. The maximum absolute atomic E-state index is 12.7. The summed E-state index contributed by atoms with van der Waals surface area (Å²) in [6.07, 6.45) is 7.44. The van der Waals surface area contributed by atoms with Crippen molar-refractivity contribution in [3.8, 4) is 0 Å². The number of anilines is 2. The molecule has 2 aromatic carbocycles. The molecule has 0 unspecified atom stereocenters. The van der Waals surface area contributed by atoms with Gasteiger partial charge in [0.1, 0.15) is 5.37 Å². The number of carbonyl (C=O) groups excluding carboxylic acids is 2. The fraction of sp³-hybridized carbons (Fsp3) is 0.462. The van der Waals surface area contributed by atoms with Gasteiger partial charge in [-0.3, -0.25) is 14.5 Å². The zero-order valence-electron chi connectivity index (χ0n) is 18.5. The van der Waals surface area contributed by atoms with E-state index >= 15 is 0 Å². The summed E-state index contributed by atoms with van der Waals surface area (Å²) >= 11 is 1.67. The van der Waals surface area contributed by atoms with Crippen LogP contribution in [0, 0.1) is 5.92 Å². The largest absolute Gasteiger partial charge is 0.326 e. The molecule has 4 nitrogen and oxygen atoms in total. The minimum Gasteiger partial charge on any atom is -0.326 e. The van der Waals surface area contributed by atoms with Crippen molar-refractivity contribution in [3.63, 3.8) is 0 Å². The summed E-state index contributed by atoms with van der Waals surface area (Å²) in [7, 11) is 0. The van der Waals surface area contributed by atoms with Crippen molar-refractivity contribution in [3.05, 3.63) is 59.2 Å². The fourth-order valence-corrected chi connectivity index (χ4v) is 5.78. The van der Waals surface area contributed by atoms with E-state index in [1.54, 1.807) is 11.8 Å². The Labute approximate surface area is 189 Å². The average Bonchev–Trinajstić information content (AvgIpc) is 3.40. The Hall–Kier alpha value is -2.27. The number of nitrogens with zero attached hydrogens (tertiary/aromatic N) is 1. The lowest BCUT2D eigenvalue weighted by atomic mass is 9.98. The summed E-state index contributed by atoms with van der Waals surface area (Å²) in [6.45, 7) is 4.23. The van der Waals surface area contributed by atoms with Crippen molar-refractivity contribution in [2.75, 3.05) is 16.0 Å². The van der Waals surface area contributed by atoms with Crippen molar-refractivity contribution in [1.29, 1.82) is 0 Å². The molecule has 4 rings (SSSR count). The number of fused-ring (bicyclic) bond motifs is 1. The molecule has 0 aromatic heterocycles. The zero-order valence-corrected chi connectivity index (χ0v) is 19.3. The van der Waals surface area contributed by atoms with E-state index < -0.39 is 0 Å². The highest BCUT2D eigenvalue weighted by molar-refractivity contribution is 8.00. The lowest BCUT2D eigenvalue weighted by Gasteiger charge is -2.25. The van der Waals surface area contributed by atoms with E-state index in [2.05, 4.69) is 37.4 Å². The number of benzene rings is 2. The van der Waals surface area contributed by atoms with Crippen LogP contribution in [0.1, 0.15) is 68.0 Å². The Morgan fingerprint density at radius 1 is 1.13 bits per heavy atom. The highest BCUT2D eigenvalue weighted by Gasteiger charge is 2.34. The van der Waals surface area contributed by atoms with Crippen molar-refractivity contribution >= 4 is 35.0 Å². The van der Waals surface area contributed by atoms with Gasteiger partial charge in [-0.15, -0.1) is 11.8 Å². The third kappa shape index (κ3) is 4.82. The molecular formula is C26H32N2O2S. The van der Waals surface area contributed by atoms with E-state index in [4.69, 9.17) is 0 Å². The SMILES string of the molecule is CCCC[C@H](CC)C(=O)Nc1ccc([C@@H]2SCC(=O)N2c2ccc3c(c2)CCC3)cc1. The molecule has 1 heterocycles. The molecule has 1 N–H and O–H groups in total. The van der Waals surface area contributed by atoms with Crippen LogP contribution in [0.3, 0.4) is 0 Å². The molecule has 164 valence electrons. The highest BCUT2D eigenvalue weighted by atomic mass is 32.2. The molecule has 2 amide bonds. The number of thioether (sulfide) groups is 1. The van der Waals surface area contributed by atoms with Crippen LogP contribution in [0.15, 0.2) is 42.5 Å². The lowest BCUT2D eigenvalue weighted by Crippen LogP contribution is -2.28. The minimum absolute atomic E-state index is 0.0235. The molecule has 1 saturated heterocycles. The van der Waals surface area contributed by atoms with Crippen molar-refractivity contribution in [2.45, 2.75) is 64.2 Å². The average molecular weight is 437 g/mol. The Morgan fingerprint density at radius 3 is 2.65 bits per heavy atom. The second-order valence-electron chi connectivity index (χ2n) is 8.59. The van der Waals surface area contributed by atoms with E-state index in [1.807, 2.05) is 29.2 Å². The third-order valence-corrected chi connectivity index (χ3v) is 7.67. The molecule has 2 atom stereocenters. The van der Waals surface area contributed by atoms with Gasteiger partial charge in [-0.25, -0.2) is 0 Å². The Balaban J connectivity index is 1.47. The summed E-state index contributed by atoms with van der Waals surface area (Å²) in [5, 5.41) is 3.05. The number of unbranched alkanes of at least 4 members (excludes halogenated alkanes) is 1.